The average Bonchev–Trinajstić information content (AvgIpc) is 2.95. The average molecular weight is 221 g/mol. The molecule has 2 rings (SSSR count). The normalized spacial score (nSPS) is 19.2. The van der Waals surface area contributed by atoms with Crippen LogP contribution >= 0.6 is 0 Å². The van der Waals surface area contributed by atoms with E-state index in [4.69, 9.17) is 5.10 Å². The van der Waals surface area contributed by atoms with Gasteiger partial charge in [-0.05, 0) is 39.8 Å². The lowest BCUT2D eigenvalue weighted by Crippen LogP contribution is -2.13. The van der Waals surface area contributed by atoms with Crippen LogP contribution in [0.1, 0.15) is 62.9 Å². The molecule has 0 radical (unpaired) electrons. The van der Waals surface area contributed by atoms with Gasteiger partial charge in [-0.1, -0.05) is 12.8 Å². The van der Waals surface area contributed by atoms with Gasteiger partial charge in [0.25, 0.3) is 0 Å². The van der Waals surface area contributed by atoms with Gasteiger partial charge in [-0.3, -0.25) is 4.68 Å². The van der Waals surface area contributed by atoms with Gasteiger partial charge >= 0.3 is 0 Å². The summed E-state index contributed by atoms with van der Waals surface area (Å²) in [6, 6.07) is 2.66. The van der Waals surface area contributed by atoms with Crippen LogP contribution < -0.4 is 5.32 Å². The first kappa shape index (κ1) is 11.6. The second kappa shape index (κ2) is 5.00. The predicted molar refractivity (Wildman–Crippen MR) is 66.6 cm³/mol. The van der Waals surface area contributed by atoms with Crippen LogP contribution in [0.3, 0.4) is 0 Å². The molecule has 1 heterocycles. The molecule has 1 unspecified atom stereocenters. The van der Waals surface area contributed by atoms with E-state index in [1.807, 2.05) is 7.05 Å². The number of nitrogens with zero attached hydrogens (tertiary/aromatic N) is 2. The number of hydrogen-bond acceptors (Lipinski definition) is 2. The molecule has 0 aliphatic heterocycles. The highest BCUT2D eigenvalue weighted by atomic mass is 15.3. The summed E-state index contributed by atoms with van der Waals surface area (Å²) in [4.78, 5) is 0. The molecule has 0 saturated heterocycles. The lowest BCUT2D eigenvalue weighted by molar-refractivity contribution is 0.550. The van der Waals surface area contributed by atoms with Gasteiger partial charge in [0.1, 0.15) is 0 Å². The monoisotopic (exact) mass is 221 g/mol. The van der Waals surface area contributed by atoms with Gasteiger partial charge in [0.15, 0.2) is 0 Å². The zero-order valence-corrected chi connectivity index (χ0v) is 10.7. The summed E-state index contributed by atoms with van der Waals surface area (Å²) in [6.07, 6.45) is 5.46. The van der Waals surface area contributed by atoms with Gasteiger partial charge in [0.05, 0.1) is 5.69 Å². The molecule has 1 aliphatic carbocycles. The minimum Gasteiger partial charge on any atom is -0.312 e. The largest absolute Gasteiger partial charge is 0.312 e. The van der Waals surface area contributed by atoms with Gasteiger partial charge in [0, 0.05) is 24.2 Å². The Morgan fingerprint density at radius 1 is 1.50 bits per heavy atom. The van der Waals surface area contributed by atoms with E-state index in [1.54, 1.807) is 0 Å². The topological polar surface area (TPSA) is 29.9 Å². The van der Waals surface area contributed by atoms with E-state index in [0.29, 0.717) is 6.04 Å². The molecule has 1 aromatic rings. The summed E-state index contributed by atoms with van der Waals surface area (Å²) in [5, 5.41) is 7.96. The fourth-order valence-corrected chi connectivity index (χ4v) is 2.61. The maximum Gasteiger partial charge on any atom is 0.0794 e. The summed E-state index contributed by atoms with van der Waals surface area (Å²) < 4.78 is 2.19. The Labute approximate surface area is 98.2 Å². The third kappa shape index (κ3) is 2.14. The van der Waals surface area contributed by atoms with Gasteiger partial charge in [-0.15, -0.1) is 0 Å². The van der Waals surface area contributed by atoms with Crippen molar-refractivity contribution in [2.75, 3.05) is 7.05 Å². The molecule has 90 valence electrons. The molecule has 3 nitrogen and oxygen atoms in total. The van der Waals surface area contributed by atoms with Gasteiger partial charge in [-0.2, -0.15) is 5.10 Å². The Morgan fingerprint density at radius 2 is 2.19 bits per heavy atom. The van der Waals surface area contributed by atoms with Gasteiger partial charge < -0.3 is 5.32 Å². The first-order chi connectivity index (χ1) is 7.76. The number of aromatic nitrogens is 2. The minimum atomic E-state index is 0.355. The van der Waals surface area contributed by atoms with Crippen molar-refractivity contribution in [3.05, 3.63) is 17.5 Å². The van der Waals surface area contributed by atoms with Crippen LogP contribution in [0.2, 0.25) is 0 Å². The Balaban J connectivity index is 2.25. The molecule has 0 bridgehead atoms. The van der Waals surface area contributed by atoms with Crippen LogP contribution in [0.4, 0.5) is 0 Å². The molecular formula is C13H23N3. The minimum absolute atomic E-state index is 0.355. The summed E-state index contributed by atoms with van der Waals surface area (Å²) in [5.74, 6) is 0.755. The lowest BCUT2D eigenvalue weighted by atomic mass is 10.0. The van der Waals surface area contributed by atoms with Crippen LogP contribution in [-0.4, -0.2) is 16.8 Å². The van der Waals surface area contributed by atoms with Crippen LogP contribution in [0, 0.1) is 0 Å². The number of aryl methyl sites for hydroxylation is 1. The van der Waals surface area contributed by atoms with E-state index in [9.17, 15) is 0 Å². The zero-order valence-electron chi connectivity index (χ0n) is 10.7. The molecule has 1 aromatic heterocycles. The Bertz CT molecular complexity index is 337. The highest BCUT2D eigenvalue weighted by Crippen LogP contribution is 2.34. The van der Waals surface area contributed by atoms with Crippen molar-refractivity contribution >= 4 is 0 Å². The smallest absolute Gasteiger partial charge is 0.0794 e. The second-order valence-corrected chi connectivity index (χ2v) is 4.80. The molecule has 1 fully saturated rings. The summed E-state index contributed by atoms with van der Waals surface area (Å²) >= 11 is 0. The van der Waals surface area contributed by atoms with Crippen molar-refractivity contribution in [1.82, 2.24) is 15.1 Å². The van der Waals surface area contributed by atoms with Gasteiger partial charge in [0.2, 0.25) is 0 Å². The van der Waals surface area contributed by atoms with E-state index in [1.165, 1.54) is 37.1 Å². The molecule has 0 amide bonds. The molecule has 3 heteroatoms. The predicted octanol–water partition coefficient (Wildman–Crippen LogP) is 2.84. The highest BCUT2D eigenvalue weighted by Gasteiger charge is 2.22. The third-order valence-corrected chi connectivity index (χ3v) is 3.78. The number of hydrogen-bond donors (Lipinski definition) is 1. The summed E-state index contributed by atoms with van der Waals surface area (Å²) in [5.41, 5.74) is 2.64. The zero-order chi connectivity index (χ0) is 11.5. The van der Waals surface area contributed by atoms with E-state index in [2.05, 4.69) is 29.9 Å². The van der Waals surface area contributed by atoms with Crippen LogP contribution in [0.15, 0.2) is 6.07 Å². The fraction of sp³-hybridized carbons (Fsp3) is 0.769. The van der Waals surface area contributed by atoms with E-state index < -0.39 is 0 Å². The van der Waals surface area contributed by atoms with Crippen LogP contribution in [0.5, 0.6) is 0 Å². The van der Waals surface area contributed by atoms with Crippen molar-refractivity contribution in [2.45, 2.75) is 58.0 Å². The summed E-state index contributed by atoms with van der Waals surface area (Å²) in [7, 11) is 1.99. The molecule has 16 heavy (non-hydrogen) atoms. The maximum atomic E-state index is 4.70. The summed E-state index contributed by atoms with van der Waals surface area (Å²) in [6.45, 7) is 5.34. The van der Waals surface area contributed by atoms with Crippen molar-refractivity contribution in [3.8, 4) is 0 Å². The Morgan fingerprint density at radius 3 is 2.75 bits per heavy atom. The van der Waals surface area contributed by atoms with Crippen molar-refractivity contribution in [3.63, 3.8) is 0 Å². The van der Waals surface area contributed by atoms with Crippen molar-refractivity contribution in [2.24, 2.45) is 0 Å². The molecule has 1 N–H and O–H groups in total. The Kier molecular flexibility index (Phi) is 3.64. The van der Waals surface area contributed by atoms with E-state index in [0.717, 1.165) is 12.5 Å². The van der Waals surface area contributed by atoms with E-state index in [-0.39, 0.29) is 0 Å². The molecule has 1 saturated carbocycles. The quantitative estimate of drug-likeness (QED) is 0.847. The number of nitrogens with one attached hydrogen (secondary N) is 1. The highest BCUT2D eigenvalue weighted by molar-refractivity contribution is 5.18. The standard InChI is InChI=1S/C13H23N3/c1-4-16-13(11-7-5-6-8-11)9-12(15-16)10(2)14-3/h9-11,14H,4-8H2,1-3H3. The molecule has 0 spiro atoms. The fourth-order valence-electron chi connectivity index (χ4n) is 2.61. The van der Waals surface area contributed by atoms with Crippen molar-refractivity contribution in [1.29, 1.82) is 0 Å². The van der Waals surface area contributed by atoms with Crippen LogP contribution in [-0.2, 0) is 6.54 Å². The second-order valence-electron chi connectivity index (χ2n) is 4.80. The molecule has 1 atom stereocenters. The van der Waals surface area contributed by atoms with Crippen molar-refractivity contribution < 1.29 is 0 Å². The lowest BCUT2D eigenvalue weighted by Gasteiger charge is -2.10. The molecular weight excluding hydrogens is 198 g/mol. The Hall–Kier alpha value is -0.830. The first-order valence-corrected chi connectivity index (χ1v) is 6.51. The maximum absolute atomic E-state index is 4.70. The number of rotatable bonds is 4. The van der Waals surface area contributed by atoms with E-state index >= 15 is 0 Å². The first-order valence-electron chi connectivity index (χ1n) is 6.51. The third-order valence-electron chi connectivity index (χ3n) is 3.78. The van der Waals surface area contributed by atoms with Gasteiger partial charge in [-0.25, -0.2) is 0 Å². The van der Waals surface area contributed by atoms with Crippen LogP contribution in [0.25, 0.3) is 0 Å². The molecule has 0 aromatic carbocycles. The SMILES string of the molecule is CCn1nc(C(C)NC)cc1C1CCCC1. The molecule has 1 aliphatic rings.